The van der Waals surface area contributed by atoms with Crippen molar-refractivity contribution < 1.29 is 14.3 Å². The molecule has 1 aliphatic heterocycles. The van der Waals surface area contributed by atoms with Gasteiger partial charge in [-0.2, -0.15) is 0 Å². The third-order valence-electron chi connectivity index (χ3n) is 7.19. The van der Waals surface area contributed by atoms with Crippen LogP contribution in [0, 0.1) is 5.92 Å². The molecule has 31 heavy (non-hydrogen) atoms. The third kappa shape index (κ3) is 4.89. The first-order chi connectivity index (χ1) is 15.0. The van der Waals surface area contributed by atoms with Crippen LogP contribution in [-0.2, 0) is 6.42 Å². The van der Waals surface area contributed by atoms with Gasteiger partial charge in [0.2, 0.25) is 0 Å². The zero-order valence-electron chi connectivity index (χ0n) is 18.9. The molecule has 1 aromatic heterocycles. The van der Waals surface area contributed by atoms with Gasteiger partial charge in [-0.1, -0.05) is 24.3 Å². The van der Waals surface area contributed by atoms with Gasteiger partial charge in [0, 0.05) is 45.1 Å². The molecular formula is C26H36N2O3. The number of hydrogen-bond donors (Lipinski definition) is 1. The van der Waals surface area contributed by atoms with E-state index in [4.69, 9.17) is 9.15 Å². The Kier molecular flexibility index (Phi) is 6.85. The zero-order valence-corrected chi connectivity index (χ0v) is 18.9. The third-order valence-corrected chi connectivity index (χ3v) is 7.19. The fraction of sp³-hybridized carbons (Fsp3) is 0.538. The molecule has 2 heterocycles. The summed E-state index contributed by atoms with van der Waals surface area (Å²) >= 11 is 0. The minimum atomic E-state index is -0.971. The summed E-state index contributed by atoms with van der Waals surface area (Å²) in [4.78, 5) is 4.90. The first-order valence-electron chi connectivity index (χ1n) is 11.5. The smallest absolute Gasteiger partial charge is 0.119 e. The number of benzene rings is 1. The molecule has 1 saturated heterocycles. The molecule has 1 aromatic carbocycles. The Morgan fingerprint density at radius 3 is 2.71 bits per heavy atom. The maximum Gasteiger partial charge on any atom is 0.119 e. The van der Waals surface area contributed by atoms with E-state index in [1.54, 1.807) is 13.4 Å². The van der Waals surface area contributed by atoms with Gasteiger partial charge in [0.25, 0.3) is 0 Å². The molecule has 3 unspecified atom stereocenters. The van der Waals surface area contributed by atoms with Crippen LogP contribution in [0.2, 0.25) is 0 Å². The molecular weight excluding hydrogens is 388 g/mol. The molecule has 2 aliphatic rings. The van der Waals surface area contributed by atoms with Crippen molar-refractivity contribution in [2.45, 2.75) is 37.2 Å². The monoisotopic (exact) mass is 424 g/mol. The summed E-state index contributed by atoms with van der Waals surface area (Å²) in [7, 11) is 3.86. The average Bonchev–Trinajstić information content (AvgIpc) is 3.25. The quantitative estimate of drug-likeness (QED) is 0.562. The number of likely N-dealkylation sites (N-methyl/N-ethyl adjacent to an activating group) is 1. The Morgan fingerprint density at radius 1 is 1.19 bits per heavy atom. The fourth-order valence-corrected chi connectivity index (χ4v) is 5.41. The standard InChI is InChI=1S/C26H36N2O3/c1-20-7-4-9-22(19-28-14-12-27(2)13-15-28)26(29,25(20)24-11-6-16-31-24)18-21-8-5-10-23(17-21)30-3/h5-6,8,10-11,16-17,22,25,29H,1,4,7,9,12-15,18-19H2,2-3H3. The molecule has 1 aliphatic carbocycles. The van der Waals surface area contributed by atoms with Crippen LogP contribution >= 0.6 is 0 Å². The van der Waals surface area contributed by atoms with Crippen LogP contribution < -0.4 is 4.74 Å². The summed E-state index contributed by atoms with van der Waals surface area (Å²) in [6.07, 6.45) is 5.21. The number of hydrogen-bond acceptors (Lipinski definition) is 5. The van der Waals surface area contributed by atoms with Crippen LogP contribution in [-0.4, -0.2) is 67.4 Å². The Morgan fingerprint density at radius 2 is 2.00 bits per heavy atom. The number of rotatable bonds is 6. The first kappa shape index (κ1) is 22.1. The van der Waals surface area contributed by atoms with Crippen LogP contribution in [0.3, 0.4) is 0 Å². The summed E-state index contributed by atoms with van der Waals surface area (Å²) in [5.41, 5.74) is 1.18. The maximum atomic E-state index is 12.5. The van der Waals surface area contributed by atoms with Gasteiger partial charge in [-0.3, -0.25) is 0 Å². The van der Waals surface area contributed by atoms with E-state index in [0.29, 0.717) is 6.42 Å². The van der Waals surface area contributed by atoms with Crippen molar-refractivity contribution in [2.24, 2.45) is 5.92 Å². The Bertz CT molecular complexity index is 857. The Balaban J connectivity index is 1.69. The average molecular weight is 425 g/mol. The van der Waals surface area contributed by atoms with Gasteiger partial charge in [-0.15, -0.1) is 0 Å². The molecule has 5 nitrogen and oxygen atoms in total. The van der Waals surface area contributed by atoms with Crippen molar-refractivity contribution in [2.75, 3.05) is 46.9 Å². The Hall–Kier alpha value is -2.08. The lowest BCUT2D eigenvalue weighted by Crippen LogP contribution is -2.53. The maximum absolute atomic E-state index is 12.5. The molecule has 5 heteroatoms. The second-order valence-corrected chi connectivity index (χ2v) is 9.32. The van der Waals surface area contributed by atoms with E-state index in [2.05, 4.69) is 29.5 Å². The van der Waals surface area contributed by atoms with Gasteiger partial charge < -0.3 is 24.1 Å². The second kappa shape index (κ2) is 9.60. The van der Waals surface area contributed by atoms with E-state index in [1.165, 1.54) is 0 Å². The van der Waals surface area contributed by atoms with E-state index in [-0.39, 0.29) is 11.8 Å². The SMILES string of the molecule is C=C1CCCC(CN2CCN(C)CC2)C(O)(Cc2cccc(OC)c2)C1c1ccco1. The highest BCUT2D eigenvalue weighted by atomic mass is 16.5. The number of piperazine rings is 1. The number of methoxy groups -OCH3 is 1. The van der Waals surface area contributed by atoms with Crippen LogP contribution in [0.25, 0.3) is 0 Å². The number of ether oxygens (including phenoxy) is 1. The molecule has 2 fully saturated rings. The van der Waals surface area contributed by atoms with Gasteiger partial charge in [0.15, 0.2) is 0 Å². The number of furan rings is 1. The lowest BCUT2D eigenvalue weighted by Gasteiger charge is -2.44. The van der Waals surface area contributed by atoms with Crippen LogP contribution in [0.4, 0.5) is 0 Å². The summed E-state index contributed by atoms with van der Waals surface area (Å²) in [5, 5.41) is 12.5. The highest BCUT2D eigenvalue weighted by Crippen LogP contribution is 2.47. The summed E-state index contributed by atoms with van der Waals surface area (Å²) in [6, 6.07) is 12.0. The molecule has 2 aromatic rings. The van der Waals surface area contributed by atoms with Crippen molar-refractivity contribution >= 4 is 0 Å². The van der Waals surface area contributed by atoms with E-state index in [1.807, 2.05) is 30.3 Å². The topological polar surface area (TPSA) is 49.1 Å². The molecule has 0 radical (unpaired) electrons. The van der Waals surface area contributed by atoms with Gasteiger partial charge >= 0.3 is 0 Å². The molecule has 168 valence electrons. The van der Waals surface area contributed by atoms with Crippen LogP contribution in [0.15, 0.2) is 59.2 Å². The fourth-order valence-electron chi connectivity index (χ4n) is 5.41. The molecule has 4 rings (SSSR count). The van der Waals surface area contributed by atoms with Crippen molar-refractivity contribution in [3.8, 4) is 5.75 Å². The van der Waals surface area contributed by atoms with Crippen molar-refractivity contribution in [3.05, 3.63) is 66.1 Å². The first-order valence-corrected chi connectivity index (χ1v) is 11.5. The predicted molar refractivity (Wildman–Crippen MR) is 124 cm³/mol. The van der Waals surface area contributed by atoms with Gasteiger partial charge in [0.05, 0.1) is 24.9 Å². The molecule has 3 atom stereocenters. The predicted octanol–water partition coefficient (Wildman–Crippen LogP) is 3.95. The highest BCUT2D eigenvalue weighted by molar-refractivity contribution is 5.34. The van der Waals surface area contributed by atoms with E-state index in [0.717, 1.165) is 74.6 Å². The van der Waals surface area contributed by atoms with E-state index in [9.17, 15) is 5.11 Å². The van der Waals surface area contributed by atoms with E-state index < -0.39 is 5.60 Å². The van der Waals surface area contributed by atoms with Crippen LogP contribution in [0.1, 0.15) is 36.5 Å². The van der Waals surface area contributed by atoms with Gasteiger partial charge in [-0.25, -0.2) is 0 Å². The minimum absolute atomic E-state index is 0.136. The Labute approximate surface area is 186 Å². The minimum Gasteiger partial charge on any atom is -0.497 e. The lowest BCUT2D eigenvalue weighted by molar-refractivity contribution is -0.0521. The molecule has 1 saturated carbocycles. The van der Waals surface area contributed by atoms with Crippen LogP contribution in [0.5, 0.6) is 5.75 Å². The molecule has 0 amide bonds. The van der Waals surface area contributed by atoms with Crippen molar-refractivity contribution in [3.63, 3.8) is 0 Å². The molecule has 0 bridgehead atoms. The summed E-state index contributed by atoms with van der Waals surface area (Å²) in [6.45, 7) is 9.57. The molecule has 1 N–H and O–H groups in total. The van der Waals surface area contributed by atoms with E-state index >= 15 is 0 Å². The molecule has 0 spiro atoms. The van der Waals surface area contributed by atoms with Gasteiger partial charge in [0.1, 0.15) is 11.5 Å². The normalized spacial score (nSPS) is 28.4. The van der Waals surface area contributed by atoms with Gasteiger partial charge in [-0.05, 0) is 56.1 Å². The second-order valence-electron chi connectivity index (χ2n) is 9.32. The summed E-state index contributed by atoms with van der Waals surface area (Å²) in [5.74, 6) is 1.56. The highest BCUT2D eigenvalue weighted by Gasteiger charge is 2.48. The number of aliphatic hydroxyl groups is 1. The summed E-state index contributed by atoms with van der Waals surface area (Å²) < 4.78 is 11.3. The lowest BCUT2D eigenvalue weighted by atomic mass is 9.69. The largest absolute Gasteiger partial charge is 0.497 e. The van der Waals surface area contributed by atoms with Crippen molar-refractivity contribution in [1.29, 1.82) is 0 Å². The van der Waals surface area contributed by atoms with Crippen molar-refractivity contribution in [1.82, 2.24) is 9.80 Å². The number of nitrogens with zero attached hydrogens (tertiary/aromatic N) is 2. The zero-order chi connectivity index (χ0) is 21.8.